The highest BCUT2D eigenvalue weighted by Crippen LogP contribution is 2.18. The highest BCUT2D eigenvalue weighted by molar-refractivity contribution is 5.20. The van der Waals surface area contributed by atoms with Gasteiger partial charge in [0.05, 0.1) is 0 Å². The minimum absolute atomic E-state index is 0.454. The Kier molecular flexibility index (Phi) is 7.76. The van der Waals surface area contributed by atoms with Crippen LogP contribution in [0.25, 0.3) is 0 Å². The molecule has 0 amide bonds. The molecular weight excluding hydrogens is 232 g/mol. The monoisotopic (exact) mass is 262 g/mol. The Balaban J connectivity index is 2.62. The number of nitrogens with zero attached hydrogens (tertiary/aromatic N) is 1. The van der Waals surface area contributed by atoms with Crippen LogP contribution in [-0.2, 0) is 0 Å². The molecule has 1 unspecified atom stereocenters. The molecule has 2 heteroatoms. The van der Waals surface area contributed by atoms with Crippen molar-refractivity contribution in [1.29, 1.82) is 0 Å². The van der Waals surface area contributed by atoms with Gasteiger partial charge in [-0.25, -0.2) is 0 Å². The smallest absolute Gasteiger partial charge is 0.00888 e. The summed E-state index contributed by atoms with van der Waals surface area (Å²) in [6.07, 6.45) is 2.54. The molecular formula is C17H30N2. The molecule has 0 fully saturated rings. The molecule has 1 aromatic carbocycles. The standard InChI is InChI=1S/C17H30N2/c1-4-15(5-2)13-19(6-3)14-17(12-18)16-10-8-7-9-11-16/h7-11,15,17H,4-6,12-14,18H2,1-3H3. The number of likely N-dealkylation sites (N-methyl/N-ethyl adjacent to an activating group) is 1. The molecule has 108 valence electrons. The molecule has 0 spiro atoms. The predicted molar refractivity (Wildman–Crippen MR) is 84.4 cm³/mol. The third kappa shape index (κ3) is 5.33. The van der Waals surface area contributed by atoms with Crippen molar-refractivity contribution in [2.75, 3.05) is 26.2 Å². The Bertz CT molecular complexity index is 319. The van der Waals surface area contributed by atoms with Gasteiger partial charge >= 0.3 is 0 Å². The van der Waals surface area contributed by atoms with E-state index in [1.165, 1.54) is 24.9 Å². The van der Waals surface area contributed by atoms with Gasteiger partial charge < -0.3 is 10.6 Å². The highest BCUT2D eigenvalue weighted by atomic mass is 15.1. The summed E-state index contributed by atoms with van der Waals surface area (Å²) in [6, 6.07) is 10.7. The number of nitrogens with two attached hydrogens (primary N) is 1. The summed E-state index contributed by atoms with van der Waals surface area (Å²) in [5, 5.41) is 0. The van der Waals surface area contributed by atoms with Crippen molar-refractivity contribution in [3.8, 4) is 0 Å². The first-order valence-corrected chi connectivity index (χ1v) is 7.72. The van der Waals surface area contributed by atoms with Crippen LogP contribution in [0.4, 0.5) is 0 Å². The van der Waals surface area contributed by atoms with Crippen LogP contribution in [0, 0.1) is 5.92 Å². The van der Waals surface area contributed by atoms with E-state index in [0.717, 1.165) is 25.6 Å². The fraction of sp³-hybridized carbons (Fsp3) is 0.647. The molecule has 1 rings (SSSR count). The fourth-order valence-corrected chi connectivity index (χ4v) is 2.60. The molecule has 19 heavy (non-hydrogen) atoms. The van der Waals surface area contributed by atoms with E-state index in [9.17, 15) is 0 Å². The van der Waals surface area contributed by atoms with Crippen molar-refractivity contribution in [2.45, 2.75) is 39.5 Å². The van der Waals surface area contributed by atoms with Crippen molar-refractivity contribution in [3.05, 3.63) is 35.9 Å². The SMILES string of the molecule is CCC(CC)CN(CC)CC(CN)c1ccccc1. The van der Waals surface area contributed by atoms with E-state index in [2.05, 4.69) is 56.0 Å². The minimum Gasteiger partial charge on any atom is -0.330 e. The second kappa shape index (κ2) is 9.11. The summed E-state index contributed by atoms with van der Waals surface area (Å²) < 4.78 is 0. The Morgan fingerprint density at radius 2 is 1.63 bits per heavy atom. The van der Waals surface area contributed by atoms with Crippen molar-refractivity contribution in [2.24, 2.45) is 11.7 Å². The molecule has 0 aromatic heterocycles. The molecule has 2 nitrogen and oxygen atoms in total. The number of rotatable bonds is 9. The molecule has 0 radical (unpaired) electrons. The lowest BCUT2D eigenvalue weighted by molar-refractivity contribution is 0.222. The quantitative estimate of drug-likeness (QED) is 0.738. The Hall–Kier alpha value is -0.860. The molecule has 1 aromatic rings. The summed E-state index contributed by atoms with van der Waals surface area (Å²) in [4.78, 5) is 2.56. The van der Waals surface area contributed by atoms with E-state index in [-0.39, 0.29) is 0 Å². The molecule has 0 aliphatic carbocycles. The van der Waals surface area contributed by atoms with E-state index >= 15 is 0 Å². The molecule has 1 atom stereocenters. The Labute approximate surface area is 119 Å². The highest BCUT2D eigenvalue weighted by Gasteiger charge is 2.16. The molecule has 0 aliphatic rings. The zero-order valence-electron chi connectivity index (χ0n) is 12.8. The van der Waals surface area contributed by atoms with Gasteiger partial charge in [0.2, 0.25) is 0 Å². The van der Waals surface area contributed by atoms with E-state index < -0.39 is 0 Å². The summed E-state index contributed by atoms with van der Waals surface area (Å²) in [5.41, 5.74) is 7.35. The number of hydrogen-bond donors (Lipinski definition) is 1. The van der Waals surface area contributed by atoms with Crippen molar-refractivity contribution in [3.63, 3.8) is 0 Å². The normalized spacial score (nSPS) is 13.2. The van der Waals surface area contributed by atoms with Crippen LogP contribution < -0.4 is 5.73 Å². The van der Waals surface area contributed by atoms with Gasteiger partial charge in [-0.05, 0) is 18.0 Å². The molecule has 2 N–H and O–H groups in total. The second-order valence-corrected chi connectivity index (χ2v) is 5.38. The Morgan fingerprint density at radius 1 is 1.00 bits per heavy atom. The van der Waals surface area contributed by atoms with Gasteiger partial charge in [-0.3, -0.25) is 0 Å². The zero-order chi connectivity index (χ0) is 14.1. The Morgan fingerprint density at radius 3 is 2.11 bits per heavy atom. The zero-order valence-corrected chi connectivity index (χ0v) is 12.8. The van der Waals surface area contributed by atoms with Gasteiger partial charge in [0.1, 0.15) is 0 Å². The minimum atomic E-state index is 0.454. The first-order valence-electron chi connectivity index (χ1n) is 7.72. The van der Waals surface area contributed by atoms with E-state index in [4.69, 9.17) is 5.73 Å². The van der Waals surface area contributed by atoms with Gasteiger partial charge in [-0.15, -0.1) is 0 Å². The summed E-state index contributed by atoms with van der Waals surface area (Å²) >= 11 is 0. The lowest BCUT2D eigenvalue weighted by atomic mass is 9.97. The van der Waals surface area contributed by atoms with Crippen LogP contribution in [0.1, 0.15) is 45.1 Å². The van der Waals surface area contributed by atoms with Crippen LogP contribution in [0.15, 0.2) is 30.3 Å². The van der Waals surface area contributed by atoms with Gasteiger partial charge in [0.15, 0.2) is 0 Å². The van der Waals surface area contributed by atoms with Crippen molar-refractivity contribution in [1.82, 2.24) is 4.90 Å². The predicted octanol–water partition coefficient (Wildman–Crippen LogP) is 3.49. The fourth-order valence-electron chi connectivity index (χ4n) is 2.60. The van der Waals surface area contributed by atoms with Gasteiger partial charge in [-0.2, -0.15) is 0 Å². The lowest BCUT2D eigenvalue weighted by Crippen LogP contribution is -2.35. The third-order valence-electron chi connectivity index (χ3n) is 4.15. The summed E-state index contributed by atoms with van der Waals surface area (Å²) in [7, 11) is 0. The van der Waals surface area contributed by atoms with Gasteiger partial charge in [-0.1, -0.05) is 63.9 Å². The van der Waals surface area contributed by atoms with Crippen LogP contribution in [-0.4, -0.2) is 31.1 Å². The molecule has 0 aliphatic heterocycles. The van der Waals surface area contributed by atoms with E-state index in [1.807, 2.05) is 0 Å². The maximum absolute atomic E-state index is 5.98. The van der Waals surface area contributed by atoms with Crippen molar-refractivity contribution < 1.29 is 0 Å². The number of benzene rings is 1. The van der Waals surface area contributed by atoms with Crippen molar-refractivity contribution >= 4 is 0 Å². The molecule has 0 saturated carbocycles. The summed E-state index contributed by atoms with van der Waals surface area (Å²) in [6.45, 7) is 10.9. The average Bonchev–Trinajstić information content (AvgIpc) is 2.48. The maximum atomic E-state index is 5.98. The van der Waals surface area contributed by atoms with E-state index in [1.54, 1.807) is 0 Å². The first kappa shape index (κ1) is 16.2. The molecule has 0 heterocycles. The second-order valence-electron chi connectivity index (χ2n) is 5.38. The lowest BCUT2D eigenvalue weighted by Gasteiger charge is -2.29. The number of hydrogen-bond acceptors (Lipinski definition) is 2. The first-order chi connectivity index (χ1) is 9.24. The van der Waals surface area contributed by atoms with Crippen LogP contribution >= 0.6 is 0 Å². The van der Waals surface area contributed by atoms with Crippen LogP contribution in [0.3, 0.4) is 0 Å². The third-order valence-corrected chi connectivity index (χ3v) is 4.15. The molecule has 0 bridgehead atoms. The van der Waals surface area contributed by atoms with Gasteiger partial charge in [0, 0.05) is 25.6 Å². The molecule has 0 saturated heterocycles. The van der Waals surface area contributed by atoms with Gasteiger partial charge in [0.25, 0.3) is 0 Å². The average molecular weight is 262 g/mol. The van der Waals surface area contributed by atoms with Crippen LogP contribution in [0.5, 0.6) is 0 Å². The van der Waals surface area contributed by atoms with Crippen LogP contribution in [0.2, 0.25) is 0 Å². The summed E-state index contributed by atoms with van der Waals surface area (Å²) in [5.74, 6) is 1.27. The van der Waals surface area contributed by atoms with E-state index in [0.29, 0.717) is 5.92 Å². The largest absolute Gasteiger partial charge is 0.330 e. The topological polar surface area (TPSA) is 29.3 Å². The maximum Gasteiger partial charge on any atom is 0.00888 e.